The van der Waals surface area contributed by atoms with Gasteiger partial charge in [0.2, 0.25) is 5.95 Å². The molecule has 3 rings (SSSR count). The van der Waals surface area contributed by atoms with E-state index in [4.69, 9.17) is 0 Å². The van der Waals surface area contributed by atoms with Crippen molar-refractivity contribution < 1.29 is 4.79 Å². The minimum Gasteiger partial charge on any atom is -0.340 e. The van der Waals surface area contributed by atoms with Gasteiger partial charge in [-0.15, -0.1) is 0 Å². The number of hydrogen-bond acceptors (Lipinski definition) is 4. The summed E-state index contributed by atoms with van der Waals surface area (Å²) in [5.41, 5.74) is 2.95. The Morgan fingerprint density at radius 3 is 2.80 bits per heavy atom. The predicted molar refractivity (Wildman–Crippen MR) is 99.9 cm³/mol. The lowest BCUT2D eigenvalue weighted by Gasteiger charge is -2.32. The van der Waals surface area contributed by atoms with Gasteiger partial charge in [0.15, 0.2) is 0 Å². The van der Waals surface area contributed by atoms with Gasteiger partial charge in [-0.25, -0.2) is 14.8 Å². The first-order valence-electron chi connectivity index (χ1n) is 8.76. The summed E-state index contributed by atoms with van der Waals surface area (Å²) in [5, 5.41) is 5.85. The Bertz CT molecular complexity index is 716. The van der Waals surface area contributed by atoms with Crippen LogP contribution in [0, 0.1) is 19.8 Å². The van der Waals surface area contributed by atoms with Crippen LogP contribution in [0.4, 0.5) is 16.4 Å². The zero-order valence-corrected chi connectivity index (χ0v) is 14.8. The van der Waals surface area contributed by atoms with E-state index < -0.39 is 0 Å². The molecule has 6 heteroatoms. The molecule has 2 aromatic rings. The first-order chi connectivity index (χ1) is 12.1. The van der Waals surface area contributed by atoms with Gasteiger partial charge in [-0.1, -0.05) is 17.7 Å². The van der Waals surface area contributed by atoms with Crippen LogP contribution in [0.3, 0.4) is 0 Å². The molecule has 0 unspecified atom stereocenters. The lowest BCUT2D eigenvalue weighted by atomic mass is 9.98. The number of carbonyl (C=O) groups excluding carboxylic acids is 1. The van der Waals surface area contributed by atoms with Crippen LogP contribution in [-0.2, 0) is 0 Å². The standard InChI is InChI=1S/C19H25N5O/c1-14-5-7-17(8-6-14)23-19(25)21-12-16-4-3-11-24(13-16)18-20-10-9-15(2)22-18/h5-10,16H,3-4,11-13H2,1-2H3,(H2,21,23,25)/t16-/m0/s1. The average molecular weight is 339 g/mol. The topological polar surface area (TPSA) is 70.2 Å². The molecule has 1 aliphatic rings. The monoisotopic (exact) mass is 339 g/mol. The van der Waals surface area contributed by atoms with Gasteiger partial charge in [-0.2, -0.15) is 0 Å². The van der Waals surface area contributed by atoms with Crippen molar-refractivity contribution in [2.45, 2.75) is 26.7 Å². The maximum Gasteiger partial charge on any atom is 0.319 e. The summed E-state index contributed by atoms with van der Waals surface area (Å²) in [6, 6.07) is 9.53. The van der Waals surface area contributed by atoms with Crippen LogP contribution in [0.2, 0.25) is 0 Å². The molecule has 2 heterocycles. The van der Waals surface area contributed by atoms with E-state index >= 15 is 0 Å². The minimum atomic E-state index is -0.159. The number of hydrogen-bond donors (Lipinski definition) is 2. The minimum absolute atomic E-state index is 0.159. The number of aryl methyl sites for hydroxylation is 2. The molecule has 0 aliphatic carbocycles. The number of nitrogens with zero attached hydrogens (tertiary/aromatic N) is 3. The van der Waals surface area contributed by atoms with Crippen molar-refractivity contribution >= 4 is 17.7 Å². The highest BCUT2D eigenvalue weighted by Crippen LogP contribution is 2.20. The summed E-state index contributed by atoms with van der Waals surface area (Å²) < 4.78 is 0. The molecule has 2 N–H and O–H groups in total. The van der Waals surface area contributed by atoms with E-state index in [0.29, 0.717) is 12.5 Å². The van der Waals surface area contributed by atoms with Crippen molar-refractivity contribution in [2.24, 2.45) is 5.92 Å². The molecule has 132 valence electrons. The molecule has 1 aromatic carbocycles. The number of aromatic nitrogens is 2. The SMILES string of the molecule is Cc1ccc(NC(=O)NC[C@@H]2CCCN(c3nccc(C)n3)C2)cc1. The normalized spacial score (nSPS) is 17.2. The number of urea groups is 1. The van der Waals surface area contributed by atoms with Crippen molar-refractivity contribution in [1.29, 1.82) is 0 Å². The summed E-state index contributed by atoms with van der Waals surface area (Å²) >= 11 is 0. The molecule has 0 saturated carbocycles. The Labute approximate surface area is 148 Å². The van der Waals surface area contributed by atoms with E-state index in [9.17, 15) is 4.79 Å². The highest BCUT2D eigenvalue weighted by molar-refractivity contribution is 5.89. The molecular weight excluding hydrogens is 314 g/mol. The lowest BCUT2D eigenvalue weighted by Crippen LogP contribution is -2.42. The van der Waals surface area contributed by atoms with Crippen LogP contribution < -0.4 is 15.5 Å². The van der Waals surface area contributed by atoms with Gasteiger partial charge in [-0.05, 0) is 50.8 Å². The van der Waals surface area contributed by atoms with E-state index in [-0.39, 0.29) is 6.03 Å². The maximum absolute atomic E-state index is 12.1. The van der Waals surface area contributed by atoms with Crippen molar-refractivity contribution in [3.8, 4) is 0 Å². The molecule has 0 spiro atoms. The van der Waals surface area contributed by atoms with E-state index in [0.717, 1.165) is 43.3 Å². The molecule has 25 heavy (non-hydrogen) atoms. The number of nitrogens with one attached hydrogen (secondary N) is 2. The Hall–Kier alpha value is -2.63. The molecule has 0 radical (unpaired) electrons. The Kier molecular flexibility index (Phi) is 5.48. The lowest BCUT2D eigenvalue weighted by molar-refractivity contribution is 0.249. The summed E-state index contributed by atoms with van der Waals surface area (Å²) in [7, 11) is 0. The van der Waals surface area contributed by atoms with E-state index in [1.807, 2.05) is 44.2 Å². The second kappa shape index (κ2) is 7.96. The van der Waals surface area contributed by atoms with Crippen LogP contribution in [0.15, 0.2) is 36.5 Å². The fourth-order valence-corrected chi connectivity index (χ4v) is 3.05. The zero-order valence-electron chi connectivity index (χ0n) is 14.8. The van der Waals surface area contributed by atoms with Crippen LogP contribution in [0.5, 0.6) is 0 Å². The fourth-order valence-electron chi connectivity index (χ4n) is 3.05. The van der Waals surface area contributed by atoms with Gasteiger partial charge in [0.1, 0.15) is 0 Å². The number of rotatable bonds is 4. The third-order valence-corrected chi connectivity index (χ3v) is 4.44. The van der Waals surface area contributed by atoms with Crippen LogP contribution in [0.25, 0.3) is 0 Å². The maximum atomic E-state index is 12.1. The largest absolute Gasteiger partial charge is 0.340 e. The third kappa shape index (κ3) is 4.92. The average Bonchev–Trinajstić information content (AvgIpc) is 2.62. The molecule has 1 atom stereocenters. The molecule has 2 amide bonds. The van der Waals surface area contributed by atoms with Gasteiger partial charge >= 0.3 is 6.03 Å². The molecule has 1 saturated heterocycles. The first-order valence-corrected chi connectivity index (χ1v) is 8.76. The number of anilines is 2. The Balaban J connectivity index is 1.49. The number of piperidine rings is 1. The Morgan fingerprint density at radius 1 is 1.24 bits per heavy atom. The summed E-state index contributed by atoms with van der Waals surface area (Å²) in [6.07, 6.45) is 3.99. The van der Waals surface area contributed by atoms with Crippen LogP contribution in [-0.4, -0.2) is 35.6 Å². The van der Waals surface area contributed by atoms with Crippen molar-refractivity contribution in [3.63, 3.8) is 0 Å². The van der Waals surface area contributed by atoms with Gasteiger partial charge in [0, 0.05) is 37.2 Å². The molecule has 1 aromatic heterocycles. The zero-order chi connectivity index (χ0) is 17.6. The molecule has 1 aliphatic heterocycles. The van der Waals surface area contributed by atoms with Gasteiger partial charge in [-0.3, -0.25) is 0 Å². The highest BCUT2D eigenvalue weighted by atomic mass is 16.2. The molecule has 1 fully saturated rings. The van der Waals surface area contributed by atoms with Crippen molar-refractivity contribution in [2.75, 3.05) is 29.9 Å². The highest BCUT2D eigenvalue weighted by Gasteiger charge is 2.22. The van der Waals surface area contributed by atoms with Crippen LogP contribution in [0.1, 0.15) is 24.1 Å². The first kappa shape index (κ1) is 17.2. The molecule has 6 nitrogen and oxygen atoms in total. The number of amides is 2. The van der Waals surface area contributed by atoms with Gasteiger partial charge in [0.25, 0.3) is 0 Å². The number of carbonyl (C=O) groups is 1. The smallest absolute Gasteiger partial charge is 0.319 e. The van der Waals surface area contributed by atoms with E-state index in [2.05, 4.69) is 25.5 Å². The Morgan fingerprint density at radius 2 is 2.04 bits per heavy atom. The molecule has 0 bridgehead atoms. The summed E-state index contributed by atoms with van der Waals surface area (Å²) in [4.78, 5) is 23.2. The number of benzene rings is 1. The van der Waals surface area contributed by atoms with Gasteiger partial charge < -0.3 is 15.5 Å². The van der Waals surface area contributed by atoms with Gasteiger partial charge in [0.05, 0.1) is 0 Å². The summed E-state index contributed by atoms with van der Waals surface area (Å²) in [5.74, 6) is 1.19. The summed E-state index contributed by atoms with van der Waals surface area (Å²) in [6.45, 7) is 6.49. The van der Waals surface area contributed by atoms with E-state index in [1.165, 1.54) is 5.56 Å². The fraction of sp³-hybridized carbons (Fsp3) is 0.421. The van der Waals surface area contributed by atoms with Crippen molar-refractivity contribution in [3.05, 3.63) is 47.8 Å². The third-order valence-electron chi connectivity index (χ3n) is 4.44. The second-order valence-corrected chi connectivity index (χ2v) is 6.65. The molecular formula is C19H25N5O. The van der Waals surface area contributed by atoms with E-state index in [1.54, 1.807) is 6.20 Å². The second-order valence-electron chi connectivity index (χ2n) is 6.65. The van der Waals surface area contributed by atoms with Crippen LogP contribution >= 0.6 is 0 Å². The quantitative estimate of drug-likeness (QED) is 0.898. The predicted octanol–water partition coefficient (Wildman–Crippen LogP) is 3.13. The van der Waals surface area contributed by atoms with Crippen molar-refractivity contribution in [1.82, 2.24) is 15.3 Å².